The number of ketones is 1. The van der Waals surface area contributed by atoms with Crippen molar-refractivity contribution in [3.8, 4) is 5.75 Å². The van der Waals surface area contributed by atoms with Gasteiger partial charge in [0.25, 0.3) is 0 Å². The molecule has 2 unspecified atom stereocenters. The van der Waals surface area contributed by atoms with Gasteiger partial charge < -0.3 is 25.8 Å². The smallest absolute Gasteiger partial charge is 0.204 e. The average molecular weight is 570 g/mol. The molecular formula is C34H43N5O3. The van der Waals surface area contributed by atoms with Crippen LogP contribution in [0.25, 0.3) is 10.9 Å². The van der Waals surface area contributed by atoms with E-state index >= 15 is 0 Å². The van der Waals surface area contributed by atoms with Gasteiger partial charge in [0.05, 0.1) is 19.1 Å². The number of nitrogens with one attached hydrogen (secondary N) is 1. The minimum atomic E-state index is -0.495. The molecule has 1 amide bonds. The number of nitrogens with two attached hydrogens (primary N) is 2. The van der Waals surface area contributed by atoms with Gasteiger partial charge in [-0.3, -0.25) is 9.59 Å². The number of imidazole rings is 1. The Morgan fingerprint density at radius 2 is 1.86 bits per heavy atom. The van der Waals surface area contributed by atoms with Crippen LogP contribution >= 0.6 is 0 Å². The number of H-pyrrole nitrogens is 1. The number of nitrogens with zero attached hydrogens (tertiary/aromatic N) is 2. The minimum Gasteiger partial charge on any atom is -0.497 e. The van der Waals surface area contributed by atoms with E-state index in [2.05, 4.69) is 47.9 Å². The molecule has 2 heterocycles. The number of ether oxygens (including phenoxy) is 1. The Morgan fingerprint density at radius 1 is 1.19 bits per heavy atom. The number of benzene rings is 2. The molecule has 8 heteroatoms. The predicted octanol–water partition coefficient (Wildman–Crippen LogP) is 5.83. The Labute approximate surface area is 248 Å². The maximum Gasteiger partial charge on any atom is 0.204 e. The summed E-state index contributed by atoms with van der Waals surface area (Å²) in [5.74, 6) is 1.20. The largest absolute Gasteiger partial charge is 0.497 e. The number of methoxy groups -OCH3 is 1. The maximum absolute atomic E-state index is 13.9. The lowest BCUT2D eigenvalue weighted by Gasteiger charge is -2.26. The van der Waals surface area contributed by atoms with E-state index in [0.29, 0.717) is 6.42 Å². The zero-order chi connectivity index (χ0) is 30.3. The fourth-order valence-electron chi connectivity index (χ4n) is 5.82. The first kappa shape index (κ1) is 30.8. The summed E-state index contributed by atoms with van der Waals surface area (Å²) in [4.78, 5) is 30.8. The summed E-state index contributed by atoms with van der Waals surface area (Å²) in [6.07, 6.45) is 11.9. The number of carbonyl (C=O) groups excluding carboxylic acids is 2. The fraction of sp³-hybridized carbons (Fsp3) is 0.382. The summed E-state index contributed by atoms with van der Waals surface area (Å²) in [6, 6.07) is 15.8. The van der Waals surface area contributed by atoms with Crippen molar-refractivity contribution in [1.29, 1.82) is 0 Å². The molecule has 2 aromatic heterocycles. The zero-order valence-corrected chi connectivity index (χ0v) is 24.9. The highest BCUT2D eigenvalue weighted by molar-refractivity contribution is 5.88. The molecule has 4 aromatic rings. The van der Waals surface area contributed by atoms with E-state index in [4.69, 9.17) is 20.2 Å². The molecule has 2 aromatic carbocycles. The van der Waals surface area contributed by atoms with Crippen molar-refractivity contribution in [2.75, 3.05) is 7.11 Å². The number of para-hydroxylation sites is 1. The molecule has 0 aliphatic heterocycles. The molecule has 0 saturated heterocycles. The number of hydrogen-bond donors (Lipinski definition) is 3. The lowest BCUT2D eigenvalue weighted by Crippen LogP contribution is -2.34. The van der Waals surface area contributed by atoms with Crippen LogP contribution in [0.3, 0.4) is 0 Å². The van der Waals surface area contributed by atoms with E-state index in [1.807, 2.05) is 55.1 Å². The Morgan fingerprint density at radius 3 is 2.50 bits per heavy atom. The van der Waals surface area contributed by atoms with Gasteiger partial charge in [-0.05, 0) is 68.9 Å². The molecule has 8 nitrogen and oxygen atoms in total. The van der Waals surface area contributed by atoms with E-state index in [9.17, 15) is 4.79 Å². The van der Waals surface area contributed by atoms with E-state index in [-0.39, 0.29) is 24.0 Å². The molecule has 5 N–H and O–H groups in total. The number of aromatic nitrogens is 3. The highest BCUT2D eigenvalue weighted by Gasteiger charge is 2.32. The number of amides is 1. The van der Waals surface area contributed by atoms with Crippen LogP contribution in [0.15, 0.2) is 79.4 Å². The molecule has 1 saturated carbocycles. The van der Waals surface area contributed by atoms with Gasteiger partial charge in [-0.1, -0.05) is 55.3 Å². The van der Waals surface area contributed by atoms with E-state index < -0.39 is 11.6 Å². The summed E-state index contributed by atoms with van der Waals surface area (Å²) in [7, 11) is 1.66. The first-order chi connectivity index (χ1) is 20.2. The van der Waals surface area contributed by atoms with Gasteiger partial charge in [0, 0.05) is 40.7 Å². The first-order valence-corrected chi connectivity index (χ1v) is 14.5. The number of aromatic amines is 1. The quantitative estimate of drug-likeness (QED) is 0.155. The van der Waals surface area contributed by atoms with Gasteiger partial charge >= 0.3 is 0 Å². The Bertz CT molecular complexity index is 1490. The molecule has 222 valence electrons. The standard InChI is InChI=1S/C33H40N4O2.CH3NO/c1-22(33(2,3)34)17-25(18-26-19-35-29-12-8-7-11-28(26)29)30-20-37(21-36-30)31(32(38)24-9-5-6-10-24)23-13-15-27(39-4)16-14-23;2-1-3/h7-8,11-16,19-21,24-25,31,35H,1,5-6,9-10,17-18,34H2,2-4H3;1H,(H2,2,3). The van der Waals surface area contributed by atoms with Gasteiger partial charge in [-0.2, -0.15) is 0 Å². The van der Waals surface area contributed by atoms with E-state index in [0.717, 1.165) is 60.2 Å². The van der Waals surface area contributed by atoms with E-state index in [1.165, 1.54) is 10.9 Å². The fourth-order valence-corrected chi connectivity index (χ4v) is 5.82. The first-order valence-electron chi connectivity index (χ1n) is 14.5. The van der Waals surface area contributed by atoms with E-state index in [1.54, 1.807) is 7.11 Å². The molecule has 0 radical (unpaired) electrons. The van der Waals surface area contributed by atoms with Crippen LogP contribution in [0.5, 0.6) is 5.75 Å². The summed E-state index contributed by atoms with van der Waals surface area (Å²) < 4.78 is 7.38. The maximum atomic E-state index is 13.9. The predicted molar refractivity (Wildman–Crippen MR) is 167 cm³/mol. The molecule has 0 bridgehead atoms. The van der Waals surface area contributed by atoms with Crippen LogP contribution in [0.4, 0.5) is 0 Å². The van der Waals surface area contributed by atoms with Crippen molar-refractivity contribution in [3.63, 3.8) is 0 Å². The normalized spacial score (nSPS) is 15.0. The second-order valence-corrected chi connectivity index (χ2v) is 11.7. The number of primary amides is 1. The van der Waals surface area contributed by atoms with Gasteiger partial charge in [0.2, 0.25) is 6.41 Å². The molecule has 0 spiro atoms. The highest BCUT2D eigenvalue weighted by atomic mass is 16.5. The number of Topliss-reactive ketones (excluding diaryl/α,β-unsaturated/α-hetero) is 1. The second-order valence-electron chi connectivity index (χ2n) is 11.7. The van der Waals surface area contributed by atoms with Crippen LogP contribution in [0.1, 0.15) is 74.7 Å². The van der Waals surface area contributed by atoms with Crippen molar-refractivity contribution in [1.82, 2.24) is 14.5 Å². The van der Waals surface area contributed by atoms with Crippen molar-refractivity contribution < 1.29 is 14.3 Å². The van der Waals surface area contributed by atoms with Gasteiger partial charge in [-0.15, -0.1) is 0 Å². The Kier molecular flexibility index (Phi) is 10.0. The molecule has 5 rings (SSSR count). The Hall–Kier alpha value is -4.17. The average Bonchev–Trinajstić information content (AvgIpc) is 3.75. The molecule has 1 aliphatic carbocycles. The van der Waals surface area contributed by atoms with Crippen molar-refractivity contribution >= 4 is 23.1 Å². The SMILES string of the molecule is C=C(CC(Cc1c[nH]c2ccccc12)c1cn(C(C(=O)C2CCCC2)c2ccc(OC)cc2)cn1)C(C)(C)N.NC=O. The number of carbonyl (C=O) groups is 2. The zero-order valence-electron chi connectivity index (χ0n) is 24.9. The third-order valence-corrected chi connectivity index (χ3v) is 8.34. The molecule has 42 heavy (non-hydrogen) atoms. The lowest BCUT2D eigenvalue weighted by molar-refractivity contribution is -0.124. The van der Waals surface area contributed by atoms with Crippen molar-refractivity contribution in [2.45, 2.75) is 69.9 Å². The summed E-state index contributed by atoms with van der Waals surface area (Å²) in [5, 5.41) is 1.21. The number of rotatable bonds is 11. The molecule has 1 aliphatic rings. The second kappa shape index (κ2) is 13.7. The van der Waals surface area contributed by atoms with Crippen LogP contribution < -0.4 is 16.2 Å². The molecular weight excluding hydrogens is 526 g/mol. The monoisotopic (exact) mass is 569 g/mol. The molecule has 2 atom stereocenters. The third kappa shape index (κ3) is 7.18. The van der Waals surface area contributed by atoms with Crippen LogP contribution in [0.2, 0.25) is 0 Å². The summed E-state index contributed by atoms with van der Waals surface area (Å²) in [5.41, 5.74) is 15.4. The lowest BCUT2D eigenvalue weighted by atomic mass is 9.84. The van der Waals surface area contributed by atoms with Crippen molar-refractivity contribution in [3.05, 3.63) is 96.2 Å². The Balaban J connectivity index is 0.00000129. The van der Waals surface area contributed by atoms with Crippen LogP contribution in [-0.4, -0.2) is 39.4 Å². The summed E-state index contributed by atoms with van der Waals surface area (Å²) in [6.45, 7) is 8.33. The number of fused-ring (bicyclic) bond motifs is 1. The molecule has 1 fully saturated rings. The third-order valence-electron chi connectivity index (χ3n) is 8.34. The van der Waals surface area contributed by atoms with Gasteiger partial charge in [0.15, 0.2) is 5.78 Å². The summed E-state index contributed by atoms with van der Waals surface area (Å²) >= 11 is 0. The van der Waals surface area contributed by atoms with Gasteiger partial charge in [0.1, 0.15) is 11.8 Å². The topological polar surface area (TPSA) is 129 Å². The van der Waals surface area contributed by atoms with Gasteiger partial charge in [-0.25, -0.2) is 4.98 Å². The van der Waals surface area contributed by atoms with Crippen molar-refractivity contribution in [2.24, 2.45) is 17.4 Å². The minimum absolute atomic E-state index is 0.0684. The number of hydrogen-bond acceptors (Lipinski definition) is 5. The van der Waals surface area contributed by atoms with Crippen LogP contribution in [-0.2, 0) is 16.0 Å². The highest BCUT2D eigenvalue weighted by Crippen LogP contribution is 2.36. The van der Waals surface area contributed by atoms with Crippen LogP contribution in [0, 0.1) is 5.92 Å².